The first-order valence-corrected chi connectivity index (χ1v) is 7.58. The molecule has 0 aromatic carbocycles. The fourth-order valence-electron chi connectivity index (χ4n) is 2.40. The number of sulfone groups is 1. The normalized spacial score (nSPS) is 43.4. The Morgan fingerprint density at radius 3 is 2.25 bits per heavy atom. The second-order valence-electron chi connectivity index (χ2n) is 4.86. The van der Waals surface area contributed by atoms with Gasteiger partial charge in [0.2, 0.25) is 0 Å². The number of hydrogen-bond donors (Lipinski definition) is 2. The van der Waals surface area contributed by atoms with Gasteiger partial charge in [0.25, 0.3) is 0 Å². The zero-order chi connectivity index (χ0) is 11.8. The lowest BCUT2D eigenvalue weighted by atomic mass is 9.93. The van der Waals surface area contributed by atoms with E-state index in [0.717, 1.165) is 25.7 Å². The molecule has 2 fully saturated rings. The maximum atomic E-state index is 11.3. The van der Waals surface area contributed by atoms with Gasteiger partial charge in [-0.2, -0.15) is 0 Å². The second-order valence-corrected chi connectivity index (χ2v) is 7.01. The van der Waals surface area contributed by atoms with Crippen molar-refractivity contribution >= 4 is 9.84 Å². The third kappa shape index (κ3) is 2.94. The van der Waals surface area contributed by atoms with Crippen LogP contribution in [0.4, 0.5) is 0 Å². The molecule has 2 atom stereocenters. The van der Waals surface area contributed by atoms with E-state index in [1.165, 1.54) is 0 Å². The van der Waals surface area contributed by atoms with Crippen molar-refractivity contribution < 1.29 is 18.3 Å². The molecule has 2 rings (SSSR count). The maximum Gasteiger partial charge on any atom is 0.155 e. The molecule has 2 unspecified atom stereocenters. The summed E-state index contributed by atoms with van der Waals surface area (Å²) >= 11 is 0. The van der Waals surface area contributed by atoms with Gasteiger partial charge in [-0.1, -0.05) is 0 Å². The van der Waals surface area contributed by atoms with Crippen LogP contribution in [-0.4, -0.2) is 49.4 Å². The van der Waals surface area contributed by atoms with Crippen LogP contribution < -0.4 is 5.73 Å². The molecule has 0 bridgehead atoms. The molecule has 6 heteroatoms. The van der Waals surface area contributed by atoms with Crippen LogP contribution in [0.2, 0.25) is 0 Å². The van der Waals surface area contributed by atoms with E-state index in [-0.39, 0.29) is 23.7 Å². The lowest BCUT2D eigenvalue weighted by molar-refractivity contribution is -0.0657. The van der Waals surface area contributed by atoms with Crippen LogP contribution in [0.3, 0.4) is 0 Å². The first-order valence-electron chi connectivity index (χ1n) is 5.76. The molecule has 0 radical (unpaired) electrons. The largest absolute Gasteiger partial charge is 0.389 e. The number of ether oxygens (including phenoxy) is 1. The summed E-state index contributed by atoms with van der Waals surface area (Å²) in [7, 11) is -3.11. The van der Waals surface area contributed by atoms with Crippen molar-refractivity contribution in [1.82, 2.24) is 0 Å². The molecule has 16 heavy (non-hydrogen) atoms. The molecule has 0 aromatic rings. The molecule has 1 heterocycles. The Balaban J connectivity index is 1.86. The summed E-state index contributed by atoms with van der Waals surface area (Å²) in [5.74, 6) is -0.208. The van der Waals surface area contributed by atoms with Crippen molar-refractivity contribution in [2.24, 2.45) is 5.73 Å². The van der Waals surface area contributed by atoms with Gasteiger partial charge in [0.15, 0.2) is 9.84 Å². The van der Waals surface area contributed by atoms with Gasteiger partial charge < -0.3 is 15.6 Å². The highest BCUT2D eigenvalue weighted by Gasteiger charge is 2.38. The first kappa shape index (κ1) is 12.3. The SMILES string of the molecule is NC1CCC(OC2CS(=O)(=O)CC2O)CC1. The number of aliphatic hydroxyl groups is 1. The van der Waals surface area contributed by atoms with E-state index in [2.05, 4.69) is 0 Å². The van der Waals surface area contributed by atoms with Gasteiger partial charge in [-0.15, -0.1) is 0 Å². The highest BCUT2D eigenvalue weighted by molar-refractivity contribution is 7.91. The fourth-order valence-corrected chi connectivity index (χ4v) is 4.07. The van der Waals surface area contributed by atoms with Crippen LogP contribution >= 0.6 is 0 Å². The zero-order valence-electron chi connectivity index (χ0n) is 9.21. The van der Waals surface area contributed by atoms with E-state index in [0.29, 0.717) is 0 Å². The molecule has 0 amide bonds. The highest BCUT2D eigenvalue weighted by Crippen LogP contribution is 2.24. The van der Waals surface area contributed by atoms with Crippen LogP contribution in [0.15, 0.2) is 0 Å². The standard InChI is InChI=1S/C10H19NO4S/c11-7-1-3-8(4-2-7)15-10-6-16(13,14)5-9(10)12/h7-10,12H,1-6,11H2. The van der Waals surface area contributed by atoms with E-state index in [1.807, 2.05) is 0 Å². The summed E-state index contributed by atoms with van der Waals surface area (Å²) in [4.78, 5) is 0. The molecule has 1 saturated heterocycles. The topological polar surface area (TPSA) is 89.6 Å². The first-order chi connectivity index (χ1) is 7.46. The van der Waals surface area contributed by atoms with Crippen LogP contribution in [0, 0.1) is 0 Å². The van der Waals surface area contributed by atoms with Crippen LogP contribution in [0.5, 0.6) is 0 Å². The molecular weight excluding hydrogens is 230 g/mol. The van der Waals surface area contributed by atoms with Crippen LogP contribution in [-0.2, 0) is 14.6 Å². The Kier molecular flexibility index (Phi) is 3.53. The number of hydrogen-bond acceptors (Lipinski definition) is 5. The van der Waals surface area contributed by atoms with Gasteiger partial charge >= 0.3 is 0 Å². The Bertz CT molecular complexity index is 335. The number of rotatable bonds is 2. The smallest absolute Gasteiger partial charge is 0.155 e. The molecule has 1 saturated carbocycles. The summed E-state index contributed by atoms with van der Waals surface area (Å²) < 4.78 is 28.2. The highest BCUT2D eigenvalue weighted by atomic mass is 32.2. The number of aliphatic hydroxyl groups excluding tert-OH is 1. The molecule has 2 aliphatic rings. The van der Waals surface area contributed by atoms with E-state index in [9.17, 15) is 13.5 Å². The molecule has 3 N–H and O–H groups in total. The van der Waals surface area contributed by atoms with E-state index < -0.39 is 22.0 Å². The van der Waals surface area contributed by atoms with Crippen molar-refractivity contribution in [2.75, 3.05) is 11.5 Å². The minimum absolute atomic E-state index is 0.0449. The van der Waals surface area contributed by atoms with Crippen molar-refractivity contribution in [3.8, 4) is 0 Å². The van der Waals surface area contributed by atoms with Crippen molar-refractivity contribution in [2.45, 2.75) is 50.0 Å². The zero-order valence-corrected chi connectivity index (χ0v) is 10.0. The third-order valence-corrected chi connectivity index (χ3v) is 5.04. The molecular formula is C10H19NO4S. The maximum absolute atomic E-state index is 11.3. The summed E-state index contributed by atoms with van der Waals surface area (Å²) in [6.07, 6.45) is 2.23. The lowest BCUT2D eigenvalue weighted by Gasteiger charge is -2.29. The predicted molar refractivity (Wildman–Crippen MR) is 59.8 cm³/mol. The van der Waals surface area contributed by atoms with Gasteiger partial charge in [-0.05, 0) is 25.7 Å². The minimum Gasteiger partial charge on any atom is -0.389 e. The quantitative estimate of drug-likeness (QED) is 0.684. The van der Waals surface area contributed by atoms with Gasteiger partial charge in [0.1, 0.15) is 0 Å². The Hall–Kier alpha value is -0.170. The monoisotopic (exact) mass is 249 g/mol. The molecule has 1 aliphatic carbocycles. The van der Waals surface area contributed by atoms with Crippen molar-refractivity contribution in [1.29, 1.82) is 0 Å². The predicted octanol–water partition coefficient (Wildman–Crippen LogP) is -0.569. The van der Waals surface area contributed by atoms with Crippen LogP contribution in [0.25, 0.3) is 0 Å². The second kappa shape index (κ2) is 4.60. The fraction of sp³-hybridized carbons (Fsp3) is 1.00. The van der Waals surface area contributed by atoms with Gasteiger partial charge in [-0.25, -0.2) is 8.42 Å². The Labute approximate surface area is 95.9 Å². The average Bonchev–Trinajstić information content (AvgIpc) is 2.44. The van der Waals surface area contributed by atoms with E-state index in [1.54, 1.807) is 0 Å². The molecule has 0 aromatic heterocycles. The van der Waals surface area contributed by atoms with Gasteiger partial charge in [-0.3, -0.25) is 0 Å². The summed E-state index contributed by atoms with van der Waals surface area (Å²) in [5.41, 5.74) is 5.77. The summed E-state index contributed by atoms with van der Waals surface area (Å²) in [5, 5.41) is 9.58. The van der Waals surface area contributed by atoms with Crippen molar-refractivity contribution in [3.05, 3.63) is 0 Å². The molecule has 0 spiro atoms. The average molecular weight is 249 g/mol. The minimum atomic E-state index is -3.11. The van der Waals surface area contributed by atoms with Gasteiger partial charge in [0.05, 0.1) is 29.8 Å². The Morgan fingerprint density at radius 1 is 1.12 bits per heavy atom. The van der Waals surface area contributed by atoms with Crippen molar-refractivity contribution in [3.63, 3.8) is 0 Å². The summed E-state index contributed by atoms with van der Waals surface area (Å²) in [6.45, 7) is 0. The number of nitrogens with two attached hydrogens (primary N) is 1. The van der Waals surface area contributed by atoms with Gasteiger partial charge in [0, 0.05) is 6.04 Å². The Morgan fingerprint density at radius 2 is 1.75 bits per heavy atom. The molecule has 1 aliphatic heterocycles. The lowest BCUT2D eigenvalue weighted by Crippen LogP contribution is -2.36. The summed E-state index contributed by atoms with van der Waals surface area (Å²) in [6, 6.07) is 0.247. The van der Waals surface area contributed by atoms with Crippen LogP contribution in [0.1, 0.15) is 25.7 Å². The molecule has 5 nitrogen and oxygen atoms in total. The third-order valence-electron chi connectivity index (χ3n) is 3.36. The van der Waals surface area contributed by atoms with E-state index in [4.69, 9.17) is 10.5 Å². The van der Waals surface area contributed by atoms with E-state index >= 15 is 0 Å². The molecule has 94 valence electrons.